The number of benzene rings is 2. The van der Waals surface area contributed by atoms with Crippen molar-refractivity contribution in [3.63, 3.8) is 0 Å². The number of amides is 1. The first-order valence-electron chi connectivity index (χ1n) is 9.66. The number of rotatable bonds is 2. The number of fused-ring (bicyclic) bond motifs is 1. The van der Waals surface area contributed by atoms with Crippen molar-refractivity contribution in [2.45, 2.75) is 33.1 Å². The zero-order chi connectivity index (χ0) is 21.6. The van der Waals surface area contributed by atoms with Gasteiger partial charge in [-0.05, 0) is 49.6 Å². The molecule has 2 aliphatic rings. The second kappa shape index (κ2) is 8.19. The zero-order valence-corrected chi connectivity index (χ0v) is 19.3. The Hall–Kier alpha value is -2.13. The molecule has 0 aliphatic carbocycles. The van der Waals surface area contributed by atoms with Gasteiger partial charge in [0.05, 0.1) is 29.2 Å². The highest BCUT2D eigenvalue weighted by molar-refractivity contribution is 8.03. The first-order chi connectivity index (χ1) is 14.3. The molecule has 0 aromatic heterocycles. The molecule has 2 heterocycles. The fourth-order valence-electron chi connectivity index (χ4n) is 4.47. The molecule has 0 radical (unpaired) electrons. The maximum absolute atomic E-state index is 13.2. The van der Waals surface area contributed by atoms with Crippen LogP contribution in [0, 0.1) is 32.1 Å². The fourth-order valence-corrected chi connectivity index (χ4v) is 6.27. The standard InChI is InChI=1S/C23H21Cl2N3OS/c1-13-7-14(2)22(15(3)8-13)27-11-28-20(29)9-16(17(10-26)23(28)30-12-27)21-18(24)5-4-6-19(21)25/h4-8,16H,9,11-12H2,1-3H3/t16-/m1/s1. The molecular weight excluding hydrogens is 437 g/mol. The fraction of sp³-hybridized carbons (Fsp3) is 0.304. The van der Waals surface area contributed by atoms with E-state index in [1.807, 2.05) is 0 Å². The lowest BCUT2D eigenvalue weighted by Gasteiger charge is -2.43. The van der Waals surface area contributed by atoms with Gasteiger partial charge in [-0.25, -0.2) is 0 Å². The highest BCUT2D eigenvalue weighted by Crippen LogP contribution is 2.46. The molecule has 30 heavy (non-hydrogen) atoms. The molecule has 2 aromatic rings. The largest absolute Gasteiger partial charge is 0.343 e. The smallest absolute Gasteiger partial charge is 0.229 e. The number of anilines is 1. The minimum Gasteiger partial charge on any atom is -0.343 e. The third-order valence-corrected chi connectivity index (χ3v) is 7.41. The Morgan fingerprint density at radius 2 is 1.77 bits per heavy atom. The van der Waals surface area contributed by atoms with E-state index in [-0.39, 0.29) is 12.3 Å². The minimum atomic E-state index is -0.420. The van der Waals surface area contributed by atoms with E-state index in [1.54, 1.807) is 23.1 Å². The molecule has 1 fully saturated rings. The summed E-state index contributed by atoms with van der Waals surface area (Å²) >= 11 is 14.3. The maximum Gasteiger partial charge on any atom is 0.229 e. The Kier molecular flexibility index (Phi) is 5.76. The van der Waals surface area contributed by atoms with Crippen LogP contribution in [0.25, 0.3) is 0 Å². The van der Waals surface area contributed by atoms with Crippen molar-refractivity contribution in [2.75, 3.05) is 17.4 Å². The molecule has 4 nitrogen and oxygen atoms in total. The van der Waals surface area contributed by atoms with E-state index in [0.29, 0.717) is 38.8 Å². The van der Waals surface area contributed by atoms with Gasteiger partial charge in [0.15, 0.2) is 0 Å². The van der Waals surface area contributed by atoms with Crippen LogP contribution in [-0.4, -0.2) is 23.4 Å². The van der Waals surface area contributed by atoms with Gasteiger partial charge in [0.25, 0.3) is 0 Å². The average molecular weight is 458 g/mol. The summed E-state index contributed by atoms with van der Waals surface area (Å²) in [5, 5.41) is 11.7. The second-order valence-electron chi connectivity index (χ2n) is 7.75. The summed E-state index contributed by atoms with van der Waals surface area (Å²) in [5.74, 6) is 0.222. The third-order valence-electron chi connectivity index (χ3n) is 5.59. The van der Waals surface area contributed by atoms with Crippen molar-refractivity contribution in [3.05, 3.63) is 73.2 Å². The number of hydrogen-bond acceptors (Lipinski definition) is 4. The van der Waals surface area contributed by atoms with Gasteiger partial charge in [-0.2, -0.15) is 5.26 Å². The van der Waals surface area contributed by atoms with E-state index in [2.05, 4.69) is 43.9 Å². The molecule has 1 atom stereocenters. The SMILES string of the molecule is Cc1cc(C)c(N2CSC3=C(C#N)[C@H](c4c(Cl)cccc4Cl)CC(=O)N3C2)c(C)c1. The van der Waals surface area contributed by atoms with Gasteiger partial charge in [0, 0.05) is 28.1 Å². The molecule has 1 saturated heterocycles. The van der Waals surface area contributed by atoms with Crippen LogP contribution in [-0.2, 0) is 4.79 Å². The summed E-state index contributed by atoms with van der Waals surface area (Å²) in [6.45, 7) is 6.71. The summed E-state index contributed by atoms with van der Waals surface area (Å²) < 4.78 is 0. The van der Waals surface area contributed by atoms with Gasteiger partial charge in [-0.3, -0.25) is 9.69 Å². The maximum atomic E-state index is 13.2. The van der Waals surface area contributed by atoms with Crippen molar-refractivity contribution < 1.29 is 4.79 Å². The van der Waals surface area contributed by atoms with Gasteiger partial charge in [-0.1, -0.05) is 58.7 Å². The predicted molar refractivity (Wildman–Crippen MR) is 124 cm³/mol. The predicted octanol–water partition coefficient (Wildman–Crippen LogP) is 6.14. The topological polar surface area (TPSA) is 47.3 Å². The molecular formula is C23H21Cl2N3OS. The Morgan fingerprint density at radius 1 is 1.13 bits per heavy atom. The number of aryl methyl sites for hydroxylation is 3. The third kappa shape index (κ3) is 3.58. The molecule has 0 saturated carbocycles. The normalized spacial score (nSPS) is 19.1. The molecule has 0 bridgehead atoms. The Labute approximate surface area is 191 Å². The summed E-state index contributed by atoms with van der Waals surface area (Å²) in [4.78, 5) is 17.1. The molecule has 4 rings (SSSR count). The van der Waals surface area contributed by atoms with E-state index in [1.165, 1.54) is 28.5 Å². The van der Waals surface area contributed by atoms with Crippen LogP contribution < -0.4 is 4.90 Å². The van der Waals surface area contributed by atoms with Crippen LogP contribution >= 0.6 is 35.0 Å². The van der Waals surface area contributed by atoms with Crippen molar-refractivity contribution in [2.24, 2.45) is 0 Å². The second-order valence-corrected chi connectivity index (χ2v) is 9.49. The minimum absolute atomic E-state index is 0.0235. The lowest BCUT2D eigenvalue weighted by molar-refractivity contribution is -0.129. The van der Waals surface area contributed by atoms with Gasteiger partial charge >= 0.3 is 0 Å². The first kappa shape index (κ1) is 21.1. The Bertz CT molecular complexity index is 1080. The highest BCUT2D eigenvalue weighted by Gasteiger charge is 2.40. The molecule has 2 aromatic carbocycles. The summed E-state index contributed by atoms with van der Waals surface area (Å²) in [5.41, 5.74) is 5.96. The highest BCUT2D eigenvalue weighted by atomic mass is 35.5. The molecule has 0 unspecified atom stereocenters. The van der Waals surface area contributed by atoms with Crippen molar-refractivity contribution >= 4 is 46.6 Å². The number of hydrogen-bond donors (Lipinski definition) is 0. The molecule has 0 N–H and O–H groups in total. The Balaban J connectivity index is 1.73. The zero-order valence-electron chi connectivity index (χ0n) is 17.0. The van der Waals surface area contributed by atoms with Crippen LogP contribution in [0.2, 0.25) is 10.0 Å². The van der Waals surface area contributed by atoms with Crippen LogP contribution in [0.1, 0.15) is 34.6 Å². The molecule has 1 amide bonds. The molecule has 2 aliphatic heterocycles. The number of allylic oxidation sites excluding steroid dienone is 1. The summed E-state index contributed by atoms with van der Waals surface area (Å²) in [7, 11) is 0. The monoisotopic (exact) mass is 457 g/mol. The molecule has 154 valence electrons. The van der Waals surface area contributed by atoms with Crippen LogP contribution in [0.15, 0.2) is 40.9 Å². The number of carbonyl (C=O) groups excluding carboxylic acids is 1. The van der Waals surface area contributed by atoms with Crippen molar-refractivity contribution in [1.29, 1.82) is 5.26 Å². The lowest BCUT2D eigenvalue weighted by atomic mass is 9.86. The van der Waals surface area contributed by atoms with Crippen LogP contribution in [0.3, 0.4) is 0 Å². The van der Waals surface area contributed by atoms with E-state index >= 15 is 0 Å². The lowest BCUT2D eigenvalue weighted by Crippen LogP contribution is -2.47. The number of thioether (sulfide) groups is 1. The van der Waals surface area contributed by atoms with Crippen molar-refractivity contribution in [1.82, 2.24) is 4.90 Å². The molecule has 7 heteroatoms. The number of nitrogens with zero attached hydrogens (tertiary/aromatic N) is 3. The molecule has 0 spiro atoms. The van der Waals surface area contributed by atoms with Gasteiger partial charge in [-0.15, -0.1) is 0 Å². The van der Waals surface area contributed by atoms with Crippen LogP contribution in [0.4, 0.5) is 5.69 Å². The van der Waals surface area contributed by atoms with Gasteiger partial charge in [0.1, 0.15) is 0 Å². The summed E-state index contributed by atoms with van der Waals surface area (Å²) in [6, 6.07) is 11.9. The van der Waals surface area contributed by atoms with E-state index < -0.39 is 5.92 Å². The van der Waals surface area contributed by atoms with E-state index in [9.17, 15) is 10.1 Å². The quantitative estimate of drug-likeness (QED) is 0.543. The number of halogens is 2. The summed E-state index contributed by atoms with van der Waals surface area (Å²) in [6.07, 6.45) is 0.177. The first-order valence-corrected chi connectivity index (χ1v) is 11.4. The van der Waals surface area contributed by atoms with E-state index in [4.69, 9.17) is 23.2 Å². The van der Waals surface area contributed by atoms with Gasteiger partial charge in [0.2, 0.25) is 5.91 Å². The number of nitriles is 1. The van der Waals surface area contributed by atoms with Gasteiger partial charge < -0.3 is 4.90 Å². The number of carbonyl (C=O) groups is 1. The van der Waals surface area contributed by atoms with E-state index in [0.717, 1.165) is 5.69 Å². The Morgan fingerprint density at radius 3 is 2.37 bits per heavy atom. The van der Waals surface area contributed by atoms with Crippen LogP contribution in [0.5, 0.6) is 0 Å². The van der Waals surface area contributed by atoms with Crippen molar-refractivity contribution in [3.8, 4) is 6.07 Å². The average Bonchev–Trinajstić information content (AvgIpc) is 2.67.